The Labute approximate surface area is 793 Å². The molecule has 8 aliphatic rings. The van der Waals surface area contributed by atoms with Crippen molar-refractivity contribution < 1.29 is 83.8 Å². The number of carbonyl (C=O) groups is 5. The van der Waals surface area contributed by atoms with E-state index in [4.69, 9.17) is 54.2 Å². The van der Waals surface area contributed by atoms with Gasteiger partial charge in [0, 0.05) is 46.6 Å². The molecule has 5 amide bonds. The molecule has 12 aromatic carbocycles. The number of primary amides is 1. The van der Waals surface area contributed by atoms with E-state index < -0.39 is 49.8 Å². The number of carbonyl (C=O) groups excluding carboxylic acids is 5. The fraction of sp³-hybridized carbons (Fsp3) is 0.125. The lowest BCUT2D eigenvalue weighted by atomic mass is 10.1. The van der Waals surface area contributed by atoms with E-state index in [2.05, 4.69) is 31.0 Å². The van der Waals surface area contributed by atoms with E-state index in [1.54, 1.807) is 133 Å². The lowest BCUT2D eigenvalue weighted by molar-refractivity contribution is -0.115. The van der Waals surface area contributed by atoms with Gasteiger partial charge in [0.05, 0.1) is 95.5 Å². The molecule has 137 heavy (non-hydrogen) atoms. The molecule has 0 bridgehead atoms. The molecule has 4 unspecified atom stereocenters. The number of nitriles is 6. The zero-order valence-corrected chi connectivity index (χ0v) is 75.1. The van der Waals surface area contributed by atoms with E-state index in [-0.39, 0.29) is 65.8 Å². The van der Waals surface area contributed by atoms with E-state index in [1.165, 1.54) is 48.6 Å². The molecule has 0 saturated heterocycles. The fourth-order valence-electron chi connectivity index (χ4n) is 16.6. The Balaban J connectivity index is 0.000000127. The number of ether oxygens (including phenoxy) is 8. The van der Waals surface area contributed by atoms with Crippen LogP contribution in [-0.4, -0.2) is 51.5 Å². The lowest BCUT2D eigenvalue weighted by Crippen LogP contribution is -2.16. The average molecular weight is 1890 g/mol. The number of fused-ring (bicyclic) bond motifs is 4. The largest absolute Gasteiger partial charge is 0.486 e. The van der Waals surface area contributed by atoms with E-state index >= 15 is 0 Å². The van der Waals surface area contributed by atoms with E-state index in [9.17, 15) is 67.0 Å². The van der Waals surface area contributed by atoms with Gasteiger partial charge < -0.3 is 48.7 Å². The molecule has 0 fully saturated rings. The predicted octanol–water partition coefficient (Wildman–Crippen LogP) is 16.5. The molecule has 8 atom stereocenters. The summed E-state index contributed by atoms with van der Waals surface area (Å²) in [6, 6.07) is 83.1. The van der Waals surface area contributed by atoms with Gasteiger partial charge in [-0.25, -0.2) is 16.8 Å². The molecule has 4 heterocycles. The Bertz CT molecular complexity index is 7460. The monoisotopic (exact) mass is 1890 g/mol. The highest BCUT2D eigenvalue weighted by atomic mass is 32.2. The molecular formula is C104H73N11O18S4. The zero-order valence-electron chi connectivity index (χ0n) is 71.9. The topological polar surface area (TPSA) is 465 Å². The molecule has 4 aliphatic heterocycles. The summed E-state index contributed by atoms with van der Waals surface area (Å²) in [5.41, 5.74) is 19.1. The normalized spacial score (nSPS) is 18.4. The number of hydrogen-bond acceptors (Lipinski definition) is 24. The number of aliphatic hydroxyl groups excluding tert-OH is 1. The number of nitrogens with two attached hydrogens (primary N) is 1. The smallest absolute Gasteiger partial charge is 0.257 e. The van der Waals surface area contributed by atoms with Crippen molar-refractivity contribution in [1.29, 1.82) is 31.6 Å². The van der Waals surface area contributed by atoms with Crippen LogP contribution in [0.1, 0.15) is 166 Å². The Morgan fingerprint density at radius 1 is 0.328 bits per heavy atom. The number of amides is 5. The molecule has 0 radical (unpaired) electrons. The molecule has 0 saturated carbocycles. The highest BCUT2D eigenvalue weighted by Gasteiger charge is 2.34. The van der Waals surface area contributed by atoms with Gasteiger partial charge in [0.25, 0.3) is 23.6 Å². The van der Waals surface area contributed by atoms with E-state index in [0.717, 1.165) is 102 Å². The molecule has 33 heteroatoms. The first kappa shape index (κ1) is 91.7. The minimum absolute atomic E-state index is 0.111. The van der Waals surface area contributed by atoms with Crippen LogP contribution in [0.4, 0.5) is 0 Å². The second-order valence-electron chi connectivity index (χ2n) is 31.5. The highest BCUT2D eigenvalue weighted by molar-refractivity contribution is 7.94. The molecule has 12 aromatic rings. The third kappa shape index (κ3) is 20.7. The molecule has 676 valence electrons. The summed E-state index contributed by atoms with van der Waals surface area (Å²) >= 11 is 0. The number of rotatable bonds is 22. The third-order valence-corrected chi connectivity index (χ3v) is 27.6. The molecule has 0 spiro atoms. The maximum atomic E-state index is 12.0. The second-order valence-corrected chi connectivity index (χ2v) is 36.3. The van der Waals surface area contributed by atoms with Gasteiger partial charge in [-0.05, 0) is 247 Å². The average Bonchev–Trinajstić information content (AvgIpc) is 1.67. The number of nitrogens with zero attached hydrogens (tertiary/aromatic N) is 6. The van der Waals surface area contributed by atoms with Crippen LogP contribution >= 0.6 is 0 Å². The first-order valence-corrected chi connectivity index (χ1v) is 47.1. The van der Waals surface area contributed by atoms with Gasteiger partial charge in [-0.1, -0.05) is 97.1 Å². The van der Waals surface area contributed by atoms with Crippen molar-refractivity contribution in [3.8, 4) is 105 Å². The quantitative estimate of drug-likeness (QED) is 0.0367. The molecule has 29 nitrogen and oxygen atoms in total. The van der Waals surface area contributed by atoms with Crippen LogP contribution in [0.3, 0.4) is 0 Å². The molecule has 20 rings (SSSR count). The van der Waals surface area contributed by atoms with Crippen LogP contribution in [0.25, 0.3) is 19.6 Å². The summed E-state index contributed by atoms with van der Waals surface area (Å²) < 4.78 is 106. The first-order chi connectivity index (χ1) is 66.6. The van der Waals surface area contributed by atoms with Gasteiger partial charge in [-0.3, -0.25) is 42.9 Å². The van der Waals surface area contributed by atoms with E-state index in [0.29, 0.717) is 138 Å². The number of benzene rings is 12. The van der Waals surface area contributed by atoms with Crippen molar-refractivity contribution in [3.63, 3.8) is 0 Å². The van der Waals surface area contributed by atoms with Gasteiger partial charge in [0.2, 0.25) is 5.91 Å². The SMILES string of the molecule is N#Cc1cc(C#N)cc(Oc2cccc3c2CC[C@H]3Oc2ccc(C3=CC(=O)NS3=O)cc2)c1.N#Cc1ccc(Oc2cccc3c2CC[C@H]3Oc2ccc(C3=CC(=O)NS3=O)cc2)c(C#N)c1.N#Cc1ccc(Oc2cccc3c2CC[C@H]3Oc2ccc(C3=CC(=O)NS3=O)cc2)cc1C(N)=O.N#Cc1ccc(Oc2cccc3c2CC[C@H]3Oc2ccc(C3=CC(=O)NS3=O)cc2)cc1CO. The summed E-state index contributed by atoms with van der Waals surface area (Å²) in [4.78, 5) is 59.1. The molecule has 4 aliphatic carbocycles. The Morgan fingerprint density at radius 3 is 0.949 bits per heavy atom. The highest BCUT2D eigenvalue weighted by Crippen LogP contribution is 2.47. The van der Waals surface area contributed by atoms with Crippen molar-refractivity contribution in [2.24, 2.45) is 5.73 Å². The summed E-state index contributed by atoms with van der Waals surface area (Å²) in [5.74, 6) is 5.03. The third-order valence-electron chi connectivity index (χ3n) is 23.0. The number of nitrogens with one attached hydrogen (secondary N) is 4. The van der Waals surface area contributed by atoms with Crippen molar-refractivity contribution in [3.05, 3.63) is 378 Å². The Morgan fingerprint density at radius 2 is 0.642 bits per heavy atom. The Kier molecular flexibility index (Phi) is 27.4. The fourth-order valence-corrected chi connectivity index (χ4v) is 20.3. The van der Waals surface area contributed by atoms with Crippen molar-refractivity contribution in [1.82, 2.24) is 18.9 Å². The van der Waals surface area contributed by atoms with Crippen LogP contribution in [0.5, 0.6) is 69.0 Å². The number of hydrogen-bond donors (Lipinski definition) is 6. The van der Waals surface area contributed by atoms with Gasteiger partial charge >= 0.3 is 0 Å². The van der Waals surface area contributed by atoms with Crippen LogP contribution in [-0.2, 0) is 95.4 Å². The first-order valence-electron chi connectivity index (χ1n) is 42.5. The van der Waals surface area contributed by atoms with Gasteiger partial charge in [-0.15, -0.1) is 0 Å². The van der Waals surface area contributed by atoms with Gasteiger partial charge in [-0.2, -0.15) is 31.6 Å². The van der Waals surface area contributed by atoms with Crippen molar-refractivity contribution >= 4 is 93.1 Å². The van der Waals surface area contributed by atoms with Crippen LogP contribution < -0.4 is 62.5 Å². The zero-order chi connectivity index (χ0) is 95.5. The molecule has 7 N–H and O–H groups in total. The second kappa shape index (κ2) is 40.9. The molecule has 0 aromatic heterocycles. The van der Waals surface area contributed by atoms with Gasteiger partial charge in [0.1, 0.15) is 99.5 Å². The summed E-state index contributed by atoms with van der Waals surface area (Å²) in [6.45, 7) is -0.234. The van der Waals surface area contributed by atoms with Crippen molar-refractivity contribution in [2.75, 3.05) is 0 Å². The van der Waals surface area contributed by atoms with Crippen LogP contribution in [0, 0.1) is 68.0 Å². The lowest BCUT2D eigenvalue weighted by Gasteiger charge is -2.16. The summed E-state index contributed by atoms with van der Waals surface area (Å²) in [5, 5.41) is 64.8. The van der Waals surface area contributed by atoms with Crippen LogP contribution in [0.15, 0.2) is 267 Å². The maximum Gasteiger partial charge on any atom is 0.257 e. The van der Waals surface area contributed by atoms with Crippen LogP contribution in [0.2, 0.25) is 0 Å². The maximum absolute atomic E-state index is 12.0. The van der Waals surface area contributed by atoms with E-state index in [1.807, 2.05) is 109 Å². The summed E-state index contributed by atoms with van der Waals surface area (Å²) in [7, 11) is -6.14. The number of aliphatic hydroxyl groups is 1. The van der Waals surface area contributed by atoms with Gasteiger partial charge in [0.15, 0.2) is 43.9 Å². The minimum atomic E-state index is -1.54. The standard InChI is InChI=1S/C26H19N3O5S.2C26H17N3O4S.C26H20N2O5S/c27-14-16-6-9-18(12-21(16)26(28)31)34-22-3-1-2-19-20(22)10-11-23(19)33-17-7-4-15(5-8-17)24-13-25(30)29-35(24)32;27-14-16-4-10-22(18(12-16)15-28)33-23-3-1-2-20-21(23)9-11-24(20)32-19-7-5-17(6-8-19)25-13-26(30)29-34(25)31;27-14-16-10-17(15-28)12-20(11-16)33-23-3-1-2-21-22(23)8-9-24(21)32-19-6-4-18(5-7-19)25-13-26(30)29-34(25)31;27-14-17-6-9-20(12-18(17)15-29)33-23-3-1-2-21-22(23)10-11-24(21)32-19-7-4-16(5-8-19)25-13-26(30)28-34(25)31/h1-9,12-13,23H,10-11H2,(H2,28,31)(H,29,30);1-8,10,12-13,24H,9,11H2,(H,29,30);1-7,10-13,24H,8-9H2,(H,29,30);1-9,12-13,24,29H,10-11,15H2,(H,28,30)/t23-,35?;3*24-,34?/m1111/s1. The van der Waals surface area contributed by atoms with Crippen molar-refractivity contribution in [2.45, 2.75) is 82.4 Å². The Hall–Kier alpha value is -17.2. The summed E-state index contributed by atoms with van der Waals surface area (Å²) in [6.07, 6.45) is 10.9. The predicted molar refractivity (Wildman–Crippen MR) is 504 cm³/mol. The molecular weight excluding hydrogens is 1820 g/mol. The minimum Gasteiger partial charge on any atom is -0.486 e.